The van der Waals surface area contributed by atoms with Gasteiger partial charge in [-0.15, -0.1) is 0 Å². The lowest BCUT2D eigenvalue weighted by Gasteiger charge is -2.13. The Bertz CT molecular complexity index is 898. The van der Waals surface area contributed by atoms with Crippen molar-refractivity contribution in [1.29, 1.82) is 0 Å². The van der Waals surface area contributed by atoms with Crippen molar-refractivity contribution in [3.63, 3.8) is 0 Å². The molecule has 0 aliphatic heterocycles. The average molecular weight is 351 g/mol. The summed E-state index contributed by atoms with van der Waals surface area (Å²) in [6.45, 7) is 3.81. The number of benzene rings is 2. The Hall–Kier alpha value is -2.27. The predicted octanol–water partition coefficient (Wildman–Crippen LogP) is 5.83. The van der Waals surface area contributed by atoms with Crippen molar-refractivity contribution in [3.05, 3.63) is 70.5 Å². The number of aromatic nitrogens is 2. The second kappa shape index (κ2) is 5.98. The van der Waals surface area contributed by atoms with E-state index >= 15 is 0 Å². The Morgan fingerprint density at radius 1 is 0.958 bits per heavy atom. The first-order chi connectivity index (χ1) is 11.3. The maximum absolute atomic E-state index is 13.1. The van der Waals surface area contributed by atoms with Crippen LogP contribution in [-0.4, -0.2) is 9.78 Å². The monoisotopic (exact) mass is 350 g/mol. The van der Waals surface area contributed by atoms with E-state index in [0.717, 1.165) is 23.0 Å². The van der Waals surface area contributed by atoms with Gasteiger partial charge in [0, 0.05) is 6.20 Å². The van der Waals surface area contributed by atoms with Crippen molar-refractivity contribution in [2.24, 2.45) is 0 Å². The fourth-order valence-electron chi connectivity index (χ4n) is 2.51. The average Bonchev–Trinajstić information content (AvgIpc) is 2.93. The van der Waals surface area contributed by atoms with Gasteiger partial charge in [0.25, 0.3) is 0 Å². The zero-order valence-electron chi connectivity index (χ0n) is 13.0. The first kappa shape index (κ1) is 16.6. The molecule has 0 saturated carbocycles. The highest BCUT2D eigenvalue weighted by molar-refractivity contribution is 6.31. The summed E-state index contributed by atoms with van der Waals surface area (Å²) in [4.78, 5) is 0. The lowest BCUT2D eigenvalue weighted by Crippen LogP contribution is -2.06. The van der Waals surface area contributed by atoms with E-state index in [1.807, 2.05) is 38.2 Å². The Morgan fingerprint density at radius 3 is 2.25 bits per heavy atom. The Kier molecular flexibility index (Phi) is 4.13. The molecule has 2 aromatic carbocycles. The largest absolute Gasteiger partial charge is 0.417 e. The molecule has 1 heterocycles. The minimum atomic E-state index is -4.49. The molecule has 0 amide bonds. The molecule has 24 heavy (non-hydrogen) atoms. The molecule has 0 radical (unpaired) electrons. The van der Waals surface area contributed by atoms with Crippen LogP contribution in [0.4, 0.5) is 13.2 Å². The maximum atomic E-state index is 13.1. The van der Waals surface area contributed by atoms with Crippen LogP contribution in [0, 0.1) is 13.8 Å². The Morgan fingerprint density at radius 2 is 1.62 bits per heavy atom. The van der Waals surface area contributed by atoms with E-state index in [0.29, 0.717) is 11.1 Å². The van der Waals surface area contributed by atoms with Gasteiger partial charge in [-0.2, -0.15) is 18.3 Å². The van der Waals surface area contributed by atoms with Gasteiger partial charge in [0.1, 0.15) is 0 Å². The van der Waals surface area contributed by atoms with E-state index in [1.165, 1.54) is 6.07 Å². The molecule has 0 unspecified atom stereocenters. The molecular weight excluding hydrogens is 337 g/mol. The predicted molar refractivity (Wildman–Crippen MR) is 88.5 cm³/mol. The minimum Gasteiger partial charge on any atom is -0.240 e. The zero-order chi connectivity index (χ0) is 17.5. The maximum Gasteiger partial charge on any atom is 0.417 e. The van der Waals surface area contributed by atoms with Crippen molar-refractivity contribution in [3.8, 4) is 16.8 Å². The van der Waals surface area contributed by atoms with Crippen LogP contribution < -0.4 is 0 Å². The highest BCUT2D eigenvalue weighted by atomic mass is 35.5. The molecular formula is C18H14ClF3N2. The van der Waals surface area contributed by atoms with Crippen LogP contribution in [0.15, 0.2) is 48.7 Å². The molecule has 3 rings (SSSR count). The molecule has 0 aliphatic rings. The molecule has 0 saturated heterocycles. The number of aryl methyl sites for hydroxylation is 2. The van der Waals surface area contributed by atoms with Crippen molar-refractivity contribution in [2.45, 2.75) is 20.0 Å². The molecule has 1 aromatic heterocycles. The second-order valence-corrected chi connectivity index (χ2v) is 6.00. The lowest BCUT2D eigenvalue weighted by atomic mass is 10.0. The van der Waals surface area contributed by atoms with E-state index < -0.39 is 11.7 Å². The van der Waals surface area contributed by atoms with Gasteiger partial charge in [0.05, 0.1) is 22.0 Å². The Balaban J connectivity index is 2.11. The smallest absolute Gasteiger partial charge is 0.240 e. The van der Waals surface area contributed by atoms with Gasteiger partial charge in [-0.1, -0.05) is 29.8 Å². The number of hydrogen-bond donors (Lipinski definition) is 0. The van der Waals surface area contributed by atoms with Crippen LogP contribution >= 0.6 is 11.6 Å². The van der Waals surface area contributed by atoms with E-state index in [-0.39, 0.29) is 5.02 Å². The number of rotatable bonds is 2. The molecule has 6 heteroatoms. The number of nitrogens with zero attached hydrogens (tertiary/aromatic N) is 2. The van der Waals surface area contributed by atoms with Crippen molar-refractivity contribution < 1.29 is 13.2 Å². The molecule has 2 nitrogen and oxygen atoms in total. The van der Waals surface area contributed by atoms with Gasteiger partial charge in [-0.25, -0.2) is 4.68 Å². The summed E-state index contributed by atoms with van der Waals surface area (Å²) in [7, 11) is 0. The molecule has 0 fully saturated rings. The van der Waals surface area contributed by atoms with E-state index in [2.05, 4.69) is 5.10 Å². The van der Waals surface area contributed by atoms with Crippen molar-refractivity contribution >= 4 is 11.6 Å². The van der Waals surface area contributed by atoms with E-state index in [9.17, 15) is 13.2 Å². The fourth-order valence-corrected chi connectivity index (χ4v) is 2.73. The van der Waals surface area contributed by atoms with Crippen LogP contribution in [0.1, 0.15) is 16.8 Å². The van der Waals surface area contributed by atoms with Crippen LogP contribution in [-0.2, 0) is 6.18 Å². The van der Waals surface area contributed by atoms with Gasteiger partial charge in [0.2, 0.25) is 0 Å². The Labute approximate surface area is 142 Å². The first-order valence-electron chi connectivity index (χ1n) is 7.26. The van der Waals surface area contributed by atoms with Gasteiger partial charge < -0.3 is 0 Å². The number of hydrogen-bond acceptors (Lipinski definition) is 1. The number of alkyl halides is 3. The number of halogens is 4. The SMILES string of the molecule is Cc1ccn(-c2cc(-c3ccc(Cl)c(C(F)(F)F)c3)ccc2C)n1. The molecule has 0 bridgehead atoms. The molecule has 3 aromatic rings. The normalized spacial score (nSPS) is 11.8. The van der Waals surface area contributed by atoms with Crippen LogP contribution in [0.2, 0.25) is 5.02 Å². The van der Waals surface area contributed by atoms with Gasteiger partial charge in [0.15, 0.2) is 0 Å². The second-order valence-electron chi connectivity index (χ2n) is 5.60. The van der Waals surface area contributed by atoms with E-state index in [1.54, 1.807) is 16.8 Å². The highest BCUT2D eigenvalue weighted by Gasteiger charge is 2.33. The van der Waals surface area contributed by atoms with Crippen molar-refractivity contribution in [2.75, 3.05) is 0 Å². The third-order valence-electron chi connectivity index (χ3n) is 3.78. The van der Waals surface area contributed by atoms with E-state index in [4.69, 9.17) is 11.6 Å². The summed E-state index contributed by atoms with van der Waals surface area (Å²) in [5.41, 5.74) is 2.96. The highest BCUT2D eigenvalue weighted by Crippen LogP contribution is 2.37. The zero-order valence-corrected chi connectivity index (χ0v) is 13.8. The summed E-state index contributed by atoms with van der Waals surface area (Å²) in [6.07, 6.45) is -2.66. The molecule has 124 valence electrons. The van der Waals surface area contributed by atoms with Crippen LogP contribution in [0.3, 0.4) is 0 Å². The minimum absolute atomic E-state index is 0.304. The van der Waals surface area contributed by atoms with Crippen molar-refractivity contribution in [1.82, 2.24) is 9.78 Å². The first-order valence-corrected chi connectivity index (χ1v) is 7.64. The van der Waals surface area contributed by atoms with Gasteiger partial charge >= 0.3 is 6.18 Å². The summed E-state index contributed by atoms with van der Waals surface area (Å²) >= 11 is 5.69. The summed E-state index contributed by atoms with van der Waals surface area (Å²) in [6, 6.07) is 11.3. The summed E-state index contributed by atoms with van der Waals surface area (Å²) < 4.78 is 40.9. The summed E-state index contributed by atoms with van der Waals surface area (Å²) in [5, 5.41) is 4.06. The standard InChI is InChI=1S/C18H14ClF3N2/c1-11-3-4-14(10-17(11)24-8-7-12(2)23-24)13-5-6-16(19)15(9-13)18(20,21)22/h3-10H,1-2H3. The topological polar surface area (TPSA) is 17.8 Å². The summed E-state index contributed by atoms with van der Waals surface area (Å²) in [5.74, 6) is 0. The molecule has 0 aliphatic carbocycles. The van der Waals surface area contributed by atoms with Gasteiger partial charge in [-0.05, 0) is 54.8 Å². The van der Waals surface area contributed by atoms with Crippen LogP contribution in [0.5, 0.6) is 0 Å². The molecule has 0 N–H and O–H groups in total. The third-order valence-corrected chi connectivity index (χ3v) is 4.11. The molecule has 0 atom stereocenters. The third kappa shape index (κ3) is 3.17. The van der Waals surface area contributed by atoms with Crippen LogP contribution in [0.25, 0.3) is 16.8 Å². The van der Waals surface area contributed by atoms with Gasteiger partial charge in [-0.3, -0.25) is 0 Å². The molecule has 0 spiro atoms. The quantitative estimate of drug-likeness (QED) is 0.568. The fraction of sp³-hybridized carbons (Fsp3) is 0.167. The lowest BCUT2D eigenvalue weighted by molar-refractivity contribution is -0.137.